The molecule has 0 aliphatic heterocycles. The number of nitrogens with zero attached hydrogens (tertiary/aromatic N) is 2. The molecule has 1 N–H and O–H groups in total. The normalized spacial score (nSPS) is 10.7. The fraction of sp³-hybridized carbons (Fsp3) is 0.357. The van der Waals surface area contributed by atoms with E-state index in [1.165, 1.54) is 18.4 Å². The summed E-state index contributed by atoms with van der Waals surface area (Å²) in [4.78, 5) is 30.3. The number of thiophene rings is 1. The van der Waals surface area contributed by atoms with Gasteiger partial charge in [0.1, 0.15) is 4.88 Å². The number of hydrogen-bond donors (Lipinski definition) is 1. The highest BCUT2D eigenvalue weighted by Gasteiger charge is 2.16. The molecular formula is C14H17N3O3S2. The Hall–Kier alpha value is -1.77. The first-order valence-corrected chi connectivity index (χ1v) is 8.30. The lowest BCUT2D eigenvalue weighted by Gasteiger charge is -2.14. The average Bonchev–Trinajstić information content (AvgIpc) is 3.07. The second-order valence-corrected chi connectivity index (χ2v) is 6.71. The summed E-state index contributed by atoms with van der Waals surface area (Å²) in [5.74, 6) is -0.630. The molecular weight excluding hydrogens is 322 g/mol. The molecule has 2 aromatic heterocycles. The topological polar surface area (TPSA) is 71.5 Å². The van der Waals surface area contributed by atoms with E-state index in [9.17, 15) is 9.59 Å². The van der Waals surface area contributed by atoms with Gasteiger partial charge in [0, 0.05) is 11.9 Å². The van der Waals surface area contributed by atoms with E-state index in [2.05, 4.69) is 15.0 Å². The molecule has 0 saturated heterocycles. The van der Waals surface area contributed by atoms with E-state index in [0.717, 1.165) is 10.7 Å². The van der Waals surface area contributed by atoms with E-state index in [4.69, 9.17) is 0 Å². The fourth-order valence-electron chi connectivity index (χ4n) is 1.91. The molecule has 6 nitrogen and oxygen atoms in total. The van der Waals surface area contributed by atoms with Crippen LogP contribution in [0.4, 0.5) is 5.69 Å². The highest BCUT2D eigenvalue weighted by atomic mass is 32.1. The molecule has 2 rings (SSSR count). The predicted octanol–water partition coefficient (Wildman–Crippen LogP) is 2.37. The van der Waals surface area contributed by atoms with Crippen molar-refractivity contribution >= 4 is 40.2 Å². The van der Waals surface area contributed by atoms with E-state index in [-0.39, 0.29) is 12.5 Å². The van der Waals surface area contributed by atoms with Crippen molar-refractivity contribution in [3.05, 3.63) is 32.4 Å². The Kier molecular flexibility index (Phi) is 5.64. The lowest BCUT2D eigenvalue weighted by molar-refractivity contribution is -0.117. The number of carbonyl (C=O) groups is 2. The molecule has 118 valence electrons. The van der Waals surface area contributed by atoms with Crippen molar-refractivity contribution in [2.75, 3.05) is 26.0 Å². The van der Waals surface area contributed by atoms with Gasteiger partial charge in [0.25, 0.3) is 0 Å². The third-order valence-corrected chi connectivity index (χ3v) is 4.54. The molecule has 0 saturated carbocycles. The number of ether oxygens (including phenoxy) is 1. The van der Waals surface area contributed by atoms with Gasteiger partial charge in [-0.3, -0.25) is 9.69 Å². The van der Waals surface area contributed by atoms with Gasteiger partial charge in [-0.15, -0.1) is 22.7 Å². The van der Waals surface area contributed by atoms with E-state index in [1.54, 1.807) is 22.8 Å². The number of nitrogens with one attached hydrogen (secondary N) is 1. The summed E-state index contributed by atoms with van der Waals surface area (Å²) in [6.07, 6.45) is 0. The van der Waals surface area contributed by atoms with Crippen molar-refractivity contribution in [3.63, 3.8) is 0 Å². The number of thiazole rings is 1. The van der Waals surface area contributed by atoms with Gasteiger partial charge in [-0.25, -0.2) is 9.78 Å². The van der Waals surface area contributed by atoms with Gasteiger partial charge in [-0.1, -0.05) is 0 Å². The number of aryl methyl sites for hydroxylation is 1. The molecule has 0 fully saturated rings. The molecule has 1 amide bonds. The van der Waals surface area contributed by atoms with Gasteiger partial charge in [0.05, 0.1) is 30.0 Å². The van der Waals surface area contributed by atoms with Crippen LogP contribution in [0.15, 0.2) is 16.8 Å². The molecule has 8 heteroatoms. The maximum atomic E-state index is 12.1. The number of anilines is 1. The second-order valence-electron chi connectivity index (χ2n) is 4.73. The van der Waals surface area contributed by atoms with Crippen LogP contribution in [-0.4, -0.2) is 42.5 Å². The Morgan fingerprint density at radius 2 is 2.18 bits per heavy atom. The van der Waals surface area contributed by atoms with E-state index >= 15 is 0 Å². The van der Waals surface area contributed by atoms with Crippen molar-refractivity contribution in [2.24, 2.45) is 0 Å². The van der Waals surface area contributed by atoms with Crippen LogP contribution >= 0.6 is 22.7 Å². The van der Waals surface area contributed by atoms with Crippen LogP contribution in [0.5, 0.6) is 0 Å². The summed E-state index contributed by atoms with van der Waals surface area (Å²) in [5.41, 5.74) is 1.43. The Bertz CT molecular complexity index is 666. The third-order valence-electron chi connectivity index (χ3n) is 2.82. The van der Waals surface area contributed by atoms with E-state index in [0.29, 0.717) is 17.1 Å². The molecule has 0 aliphatic carbocycles. The second kappa shape index (κ2) is 7.48. The maximum Gasteiger partial charge on any atom is 0.350 e. The summed E-state index contributed by atoms with van der Waals surface area (Å²) in [6, 6.07) is 1.69. The predicted molar refractivity (Wildman–Crippen MR) is 87.5 cm³/mol. The summed E-state index contributed by atoms with van der Waals surface area (Å²) < 4.78 is 4.68. The molecule has 0 atom stereocenters. The number of carbonyl (C=O) groups excluding carboxylic acids is 2. The first-order valence-electron chi connectivity index (χ1n) is 6.54. The van der Waals surface area contributed by atoms with E-state index < -0.39 is 5.97 Å². The molecule has 2 heterocycles. The number of amides is 1. The number of hydrogen-bond acceptors (Lipinski definition) is 7. The smallest absolute Gasteiger partial charge is 0.350 e. The molecule has 0 radical (unpaired) electrons. The lowest BCUT2D eigenvalue weighted by atomic mass is 10.3. The zero-order valence-corrected chi connectivity index (χ0v) is 14.2. The highest BCUT2D eigenvalue weighted by molar-refractivity contribution is 7.12. The van der Waals surface area contributed by atoms with Crippen molar-refractivity contribution < 1.29 is 14.3 Å². The van der Waals surface area contributed by atoms with Crippen LogP contribution in [0, 0.1) is 6.92 Å². The minimum Gasteiger partial charge on any atom is -0.465 e. The van der Waals surface area contributed by atoms with Gasteiger partial charge in [-0.05, 0) is 25.4 Å². The first-order chi connectivity index (χ1) is 10.5. The van der Waals surface area contributed by atoms with Crippen LogP contribution < -0.4 is 5.32 Å². The van der Waals surface area contributed by atoms with Gasteiger partial charge in [0.2, 0.25) is 5.91 Å². The van der Waals surface area contributed by atoms with Crippen LogP contribution in [0.3, 0.4) is 0 Å². The number of esters is 1. The van der Waals surface area contributed by atoms with Gasteiger partial charge < -0.3 is 10.1 Å². The lowest BCUT2D eigenvalue weighted by Crippen LogP contribution is -2.30. The summed E-state index contributed by atoms with van der Waals surface area (Å²) in [5, 5.41) is 7.47. The van der Waals surface area contributed by atoms with Crippen LogP contribution in [-0.2, 0) is 16.1 Å². The minimum atomic E-state index is -0.448. The largest absolute Gasteiger partial charge is 0.465 e. The SMILES string of the molecule is COC(=O)c1sccc1NC(=O)CN(C)Cc1csc(C)n1. The van der Waals surface area contributed by atoms with Crippen molar-refractivity contribution in [3.8, 4) is 0 Å². The third kappa shape index (κ3) is 4.36. The monoisotopic (exact) mass is 339 g/mol. The molecule has 0 bridgehead atoms. The van der Waals surface area contributed by atoms with Crippen LogP contribution in [0.1, 0.15) is 20.4 Å². The van der Waals surface area contributed by atoms with Gasteiger partial charge in [0.15, 0.2) is 0 Å². The zero-order chi connectivity index (χ0) is 16.1. The van der Waals surface area contributed by atoms with E-state index in [1.807, 2.05) is 24.3 Å². The minimum absolute atomic E-state index is 0.182. The van der Waals surface area contributed by atoms with Crippen LogP contribution in [0.25, 0.3) is 0 Å². The maximum absolute atomic E-state index is 12.1. The van der Waals surface area contributed by atoms with Crippen LogP contribution in [0.2, 0.25) is 0 Å². The summed E-state index contributed by atoms with van der Waals surface area (Å²) in [6.45, 7) is 2.77. The summed E-state index contributed by atoms with van der Waals surface area (Å²) >= 11 is 2.83. The Labute approximate surface area is 136 Å². The number of likely N-dealkylation sites (N-methyl/N-ethyl adjacent to an activating group) is 1. The van der Waals surface area contributed by atoms with Gasteiger partial charge in [-0.2, -0.15) is 0 Å². The summed E-state index contributed by atoms with van der Waals surface area (Å²) in [7, 11) is 3.17. The van der Waals surface area contributed by atoms with Gasteiger partial charge >= 0.3 is 5.97 Å². The number of methoxy groups -OCH3 is 1. The Morgan fingerprint density at radius 3 is 2.82 bits per heavy atom. The fourth-order valence-corrected chi connectivity index (χ4v) is 3.28. The Balaban J connectivity index is 1.90. The Morgan fingerprint density at radius 1 is 1.41 bits per heavy atom. The number of aromatic nitrogens is 1. The van der Waals surface area contributed by atoms with Crippen molar-refractivity contribution in [1.29, 1.82) is 0 Å². The molecule has 2 aromatic rings. The average molecular weight is 339 g/mol. The molecule has 22 heavy (non-hydrogen) atoms. The first kappa shape index (κ1) is 16.6. The zero-order valence-electron chi connectivity index (χ0n) is 12.6. The molecule has 0 aliphatic rings. The quantitative estimate of drug-likeness (QED) is 0.818. The number of rotatable bonds is 6. The molecule has 0 unspecified atom stereocenters. The molecule has 0 spiro atoms. The van der Waals surface area contributed by atoms with Crippen molar-refractivity contribution in [1.82, 2.24) is 9.88 Å². The standard InChI is InChI=1S/C14H17N3O3S2/c1-9-15-10(8-22-9)6-17(2)7-12(18)16-11-4-5-21-13(11)14(19)20-3/h4-5,8H,6-7H2,1-3H3,(H,16,18). The van der Waals surface area contributed by atoms with Crippen molar-refractivity contribution in [2.45, 2.75) is 13.5 Å². The highest BCUT2D eigenvalue weighted by Crippen LogP contribution is 2.23. The molecule has 0 aromatic carbocycles.